The maximum absolute atomic E-state index is 2.66. The fourth-order valence-corrected chi connectivity index (χ4v) is 11.1. The van der Waals surface area contributed by atoms with Crippen LogP contribution in [-0.4, -0.2) is 3.81 Å². The zero-order valence-corrected chi connectivity index (χ0v) is 23.6. The van der Waals surface area contributed by atoms with Gasteiger partial charge in [0.1, 0.15) is 0 Å². The Morgan fingerprint density at radius 1 is 0.788 bits per heavy atom. The number of hydrogen-bond acceptors (Lipinski definition) is 0. The van der Waals surface area contributed by atoms with E-state index >= 15 is 0 Å². The Balaban J connectivity index is 0.00000153. The van der Waals surface area contributed by atoms with Crippen LogP contribution in [0.25, 0.3) is 11.1 Å². The molecular formula is C30H36Cl2Ti. The molecule has 0 bridgehead atoms. The average molecular weight is 515 g/mol. The van der Waals surface area contributed by atoms with E-state index in [0.29, 0.717) is 11.8 Å². The second-order valence-electron chi connectivity index (χ2n) is 10.4. The van der Waals surface area contributed by atoms with E-state index in [2.05, 4.69) is 76.3 Å². The van der Waals surface area contributed by atoms with Gasteiger partial charge in [-0.05, 0) is 0 Å². The molecule has 2 aromatic rings. The molecular weight excluding hydrogens is 479 g/mol. The van der Waals surface area contributed by atoms with E-state index < -0.39 is 17.4 Å². The van der Waals surface area contributed by atoms with Gasteiger partial charge in [-0.25, -0.2) is 0 Å². The number of rotatable bonds is 4. The van der Waals surface area contributed by atoms with Crippen LogP contribution >= 0.6 is 0 Å². The maximum atomic E-state index is 2.66. The molecule has 0 nitrogen and oxygen atoms in total. The van der Waals surface area contributed by atoms with Gasteiger partial charge in [0.25, 0.3) is 0 Å². The minimum absolute atomic E-state index is 0. The number of fused-ring (bicyclic) bond motifs is 3. The maximum Gasteiger partial charge on any atom is -1.00 e. The molecule has 1 saturated carbocycles. The van der Waals surface area contributed by atoms with Gasteiger partial charge < -0.3 is 24.8 Å². The van der Waals surface area contributed by atoms with E-state index in [1.165, 1.54) is 49.7 Å². The number of allylic oxidation sites excluding steroid dienone is 4. The zero-order chi connectivity index (χ0) is 21.5. The van der Waals surface area contributed by atoms with Crippen molar-refractivity contribution in [3.05, 3.63) is 74.7 Å². The van der Waals surface area contributed by atoms with Crippen molar-refractivity contribution in [2.45, 2.75) is 84.5 Å². The fourth-order valence-electron chi connectivity index (χ4n) is 5.68. The van der Waals surface area contributed by atoms with Crippen molar-refractivity contribution >= 4 is 7.68 Å². The van der Waals surface area contributed by atoms with Crippen molar-refractivity contribution in [1.29, 1.82) is 0 Å². The summed E-state index contributed by atoms with van der Waals surface area (Å²) < 4.78 is 5.54. The quantitative estimate of drug-likeness (QED) is 0.465. The molecule has 1 fully saturated rings. The number of halogens is 2. The molecule has 0 radical (unpaired) electrons. The first-order valence-corrected chi connectivity index (χ1v) is 14.8. The van der Waals surface area contributed by atoms with E-state index in [1.807, 2.05) is 3.81 Å². The smallest absolute Gasteiger partial charge is 1.00 e. The Bertz CT molecular complexity index is 1110. The van der Waals surface area contributed by atoms with Crippen LogP contribution in [0.3, 0.4) is 0 Å². The largest absolute Gasteiger partial charge is 1.00 e. The molecule has 0 amide bonds. The minimum Gasteiger partial charge on any atom is -1.00 e. The van der Waals surface area contributed by atoms with Crippen LogP contribution in [0.15, 0.2) is 52.4 Å². The van der Waals surface area contributed by atoms with Crippen LogP contribution in [0.5, 0.6) is 0 Å². The molecule has 0 saturated heterocycles. The predicted molar refractivity (Wildman–Crippen MR) is 132 cm³/mol. The van der Waals surface area contributed by atoms with Crippen LogP contribution in [-0.2, 0) is 23.8 Å². The monoisotopic (exact) mass is 514 g/mol. The van der Waals surface area contributed by atoms with Gasteiger partial charge in [-0.3, -0.25) is 0 Å². The van der Waals surface area contributed by atoms with Crippen molar-refractivity contribution in [2.75, 3.05) is 0 Å². The molecule has 0 N–H and O–H groups in total. The van der Waals surface area contributed by atoms with Crippen molar-refractivity contribution in [3.8, 4) is 11.1 Å². The summed E-state index contributed by atoms with van der Waals surface area (Å²) in [7, 11) is 0. The summed E-state index contributed by atoms with van der Waals surface area (Å²) in [4.78, 5) is 0. The van der Waals surface area contributed by atoms with Gasteiger partial charge >= 0.3 is 195 Å². The molecule has 0 unspecified atom stereocenters. The Kier molecular flexibility index (Phi) is 9.07. The molecule has 0 aromatic heterocycles. The van der Waals surface area contributed by atoms with E-state index in [9.17, 15) is 0 Å². The van der Waals surface area contributed by atoms with Crippen LogP contribution in [0, 0.1) is 0 Å². The van der Waals surface area contributed by atoms with Gasteiger partial charge in [0.05, 0.1) is 0 Å². The van der Waals surface area contributed by atoms with E-state index in [0.717, 1.165) is 6.42 Å². The Labute approximate surface area is 219 Å². The summed E-state index contributed by atoms with van der Waals surface area (Å²) >= 11 is -1.65. The first-order valence-electron chi connectivity index (χ1n) is 12.4. The normalized spacial score (nSPS) is 16.0. The molecule has 5 rings (SSSR count). The molecule has 3 aliphatic carbocycles. The molecule has 0 spiro atoms. The summed E-state index contributed by atoms with van der Waals surface area (Å²) in [5.41, 5.74) is 9.34. The SMILES string of the molecule is CC(C)c1ccc2c(c1)-c1cc(C(C)C)c[c]([Ti+2]([C]3=CC=CC3)=[C]3CCCCC3)c1C2.[Cl-].[Cl-]. The topological polar surface area (TPSA) is 0 Å². The second kappa shape index (κ2) is 11.2. The van der Waals surface area contributed by atoms with Gasteiger partial charge in [-0.1, -0.05) is 0 Å². The minimum atomic E-state index is -1.65. The summed E-state index contributed by atoms with van der Waals surface area (Å²) in [5.74, 6) is 1.16. The van der Waals surface area contributed by atoms with Gasteiger partial charge in [0.2, 0.25) is 0 Å². The molecule has 0 heterocycles. The van der Waals surface area contributed by atoms with Crippen LogP contribution in [0.1, 0.15) is 100 Å². The van der Waals surface area contributed by atoms with Crippen molar-refractivity contribution in [3.63, 3.8) is 0 Å². The average Bonchev–Trinajstić information content (AvgIpc) is 3.42. The van der Waals surface area contributed by atoms with Crippen molar-refractivity contribution < 1.29 is 42.2 Å². The number of benzene rings is 2. The molecule has 3 aliphatic rings. The molecule has 174 valence electrons. The van der Waals surface area contributed by atoms with Crippen molar-refractivity contribution in [1.82, 2.24) is 0 Å². The van der Waals surface area contributed by atoms with Crippen LogP contribution in [0.4, 0.5) is 0 Å². The molecule has 3 heteroatoms. The summed E-state index contributed by atoms with van der Waals surface area (Å²) in [6.45, 7) is 9.37. The third-order valence-corrected chi connectivity index (χ3v) is 12.6. The summed E-state index contributed by atoms with van der Waals surface area (Å²) in [6.07, 6.45) is 16.6. The van der Waals surface area contributed by atoms with Crippen LogP contribution < -0.4 is 28.7 Å². The third kappa shape index (κ3) is 5.20. The third-order valence-electron chi connectivity index (χ3n) is 7.57. The Morgan fingerprint density at radius 2 is 1.48 bits per heavy atom. The molecule has 0 atom stereocenters. The first-order chi connectivity index (χ1) is 15.0. The van der Waals surface area contributed by atoms with Gasteiger partial charge in [0, 0.05) is 0 Å². The standard InChI is InChI=1S/C19H21.C6H10.C5H5.2ClH.Ti/c1-12(2)14-5-7-16-9-17-8-6-15(13(3)4)11-19(17)18(16)10-14;1-2-4-6-5-3-1;1-2-4-5-3-1;;;/h5-7,10-13H,9H2,1-4H3;1-5H2;1-3H,4H2;2*1H;/q;;;;;+2/p-2. The second-order valence-corrected chi connectivity index (χ2v) is 14.5. The van der Waals surface area contributed by atoms with E-state index in [1.54, 1.807) is 30.0 Å². The van der Waals surface area contributed by atoms with Gasteiger partial charge in [-0.15, -0.1) is 0 Å². The van der Waals surface area contributed by atoms with Gasteiger partial charge in [0.15, 0.2) is 0 Å². The molecule has 0 aliphatic heterocycles. The summed E-state index contributed by atoms with van der Waals surface area (Å²) in [6, 6.07) is 12.5. The fraction of sp³-hybridized carbons (Fsp3) is 0.433. The van der Waals surface area contributed by atoms with Crippen LogP contribution in [0.2, 0.25) is 0 Å². The first kappa shape index (κ1) is 26.7. The van der Waals surface area contributed by atoms with Crippen molar-refractivity contribution in [2.24, 2.45) is 0 Å². The Morgan fingerprint density at radius 3 is 2.12 bits per heavy atom. The van der Waals surface area contributed by atoms with E-state index in [4.69, 9.17) is 0 Å². The molecule has 2 aromatic carbocycles. The number of hydrogen-bond donors (Lipinski definition) is 0. The summed E-state index contributed by atoms with van der Waals surface area (Å²) in [5, 5.41) is 0. The van der Waals surface area contributed by atoms with Gasteiger partial charge in [-0.2, -0.15) is 0 Å². The zero-order valence-electron chi connectivity index (χ0n) is 20.5. The molecule has 33 heavy (non-hydrogen) atoms. The van der Waals surface area contributed by atoms with E-state index in [-0.39, 0.29) is 24.8 Å². The predicted octanol–water partition coefficient (Wildman–Crippen LogP) is 1.74. The Hall–Kier alpha value is -0.916.